The fourth-order valence-electron chi connectivity index (χ4n) is 2.20. The summed E-state index contributed by atoms with van der Waals surface area (Å²) in [7, 11) is -3.36. The van der Waals surface area contributed by atoms with Gasteiger partial charge in [-0.2, -0.15) is 0 Å². The van der Waals surface area contributed by atoms with Crippen molar-refractivity contribution in [2.24, 2.45) is 5.92 Å². The molecule has 1 N–H and O–H groups in total. The van der Waals surface area contributed by atoms with Crippen molar-refractivity contribution in [3.05, 3.63) is 14.7 Å². The van der Waals surface area contributed by atoms with Gasteiger partial charge in [-0.1, -0.05) is 15.9 Å². The van der Waals surface area contributed by atoms with Crippen molar-refractivity contribution in [2.75, 3.05) is 6.54 Å². The maximum atomic E-state index is 12.2. The molecular formula is C11H15Br2NO2S2. The van der Waals surface area contributed by atoms with Crippen molar-refractivity contribution in [2.45, 2.75) is 35.9 Å². The van der Waals surface area contributed by atoms with Gasteiger partial charge in [0.1, 0.15) is 0 Å². The van der Waals surface area contributed by atoms with Crippen LogP contribution in [0.3, 0.4) is 0 Å². The van der Waals surface area contributed by atoms with E-state index in [0.717, 1.165) is 27.9 Å². The minimum absolute atomic E-state index is 0.396. The van der Waals surface area contributed by atoms with Gasteiger partial charge in [-0.05, 0) is 54.1 Å². The summed E-state index contributed by atoms with van der Waals surface area (Å²) < 4.78 is 27.9. The highest BCUT2D eigenvalue weighted by atomic mass is 79.9. The van der Waals surface area contributed by atoms with Crippen LogP contribution in [0.5, 0.6) is 0 Å². The van der Waals surface area contributed by atoms with Gasteiger partial charge in [0.25, 0.3) is 0 Å². The van der Waals surface area contributed by atoms with Crippen LogP contribution in [0.2, 0.25) is 0 Å². The van der Waals surface area contributed by atoms with Gasteiger partial charge in [-0.25, -0.2) is 13.1 Å². The Kier molecular flexibility index (Phi) is 4.91. The monoisotopic (exact) mass is 415 g/mol. The van der Waals surface area contributed by atoms with E-state index in [-0.39, 0.29) is 0 Å². The molecule has 0 aromatic carbocycles. The molecule has 3 nitrogen and oxygen atoms in total. The van der Waals surface area contributed by atoms with Crippen LogP contribution in [-0.2, 0) is 10.0 Å². The number of aryl methyl sites for hydroxylation is 1. The third-order valence-electron chi connectivity index (χ3n) is 3.17. The van der Waals surface area contributed by atoms with Gasteiger partial charge in [0.2, 0.25) is 10.0 Å². The molecule has 2 rings (SSSR count). The predicted octanol–water partition coefficient (Wildman–Crippen LogP) is 3.66. The molecule has 1 fully saturated rings. The lowest BCUT2D eigenvalue weighted by atomic mass is 10.1. The molecule has 1 aliphatic carbocycles. The Morgan fingerprint density at radius 2 is 2.22 bits per heavy atom. The van der Waals surface area contributed by atoms with Crippen molar-refractivity contribution in [3.8, 4) is 0 Å². The highest BCUT2D eigenvalue weighted by Gasteiger charge is 2.25. The first-order valence-electron chi connectivity index (χ1n) is 5.78. The normalized spacial score (nSPS) is 24.6. The molecule has 2 atom stereocenters. The number of hydrogen-bond donors (Lipinski definition) is 1. The van der Waals surface area contributed by atoms with Crippen LogP contribution >= 0.6 is 43.2 Å². The fourth-order valence-corrected chi connectivity index (χ4v) is 6.52. The van der Waals surface area contributed by atoms with Crippen LogP contribution in [-0.4, -0.2) is 19.8 Å². The second kappa shape index (κ2) is 5.91. The number of rotatable bonds is 4. The van der Waals surface area contributed by atoms with E-state index in [1.54, 1.807) is 6.07 Å². The number of alkyl halides is 1. The van der Waals surface area contributed by atoms with Crippen LogP contribution < -0.4 is 4.72 Å². The van der Waals surface area contributed by atoms with Crippen LogP contribution in [0, 0.1) is 12.8 Å². The zero-order chi connectivity index (χ0) is 13.3. The van der Waals surface area contributed by atoms with Crippen LogP contribution in [0.15, 0.2) is 14.7 Å². The largest absolute Gasteiger partial charge is 0.241 e. The standard InChI is InChI=1S/C11H15Br2NO2S2/c1-7-10(5-11(13)17-7)18(15,16)14-6-8-2-3-9(12)4-8/h5,8-9,14H,2-4,6H2,1H3. The molecule has 0 bridgehead atoms. The molecule has 7 heteroatoms. The Morgan fingerprint density at radius 3 is 2.72 bits per heavy atom. The van der Waals surface area contributed by atoms with E-state index in [4.69, 9.17) is 0 Å². The van der Waals surface area contributed by atoms with Gasteiger partial charge >= 0.3 is 0 Å². The number of halogens is 2. The lowest BCUT2D eigenvalue weighted by Crippen LogP contribution is -2.28. The summed E-state index contributed by atoms with van der Waals surface area (Å²) in [4.78, 5) is 1.76. The van der Waals surface area contributed by atoms with Crippen molar-refractivity contribution in [1.29, 1.82) is 0 Å². The second-order valence-electron chi connectivity index (χ2n) is 4.60. The SMILES string of the molecule is Cc1sc(Br)cc1S(=O)(=O)NCC1CCC(Br)C1. The van der Waals surface area contributed by atoms with Crippen LogP contribution in [0.4, 0.5) is 0 Å². The van der Waals surface area contributed by atoms with E-state index < -0.39 is 10.0 Å². The maximum Gasteiger partial charge on any atom is 0.241 e. The predicted molar refractivity (Wildman–Crippen MR) is 82.0 cm³/mol. The average molecular weight is 417 g/mol. The molecule has 0 spiro atoms. The summed E-state index contributed by atoms with van der Waals surface area (Å²) in [5.74, 6) is 0.450. The molecule has 0 saturated heterocycles. The van der Waals surface area contributed by atoms with E-state index in [1.165, 1.54) is 11.3 Å². The minimum Gasteiger partial charge on any atom is -0.211 e. The molecule has 18 heavy (non-hydrogen) atoms. The quantitative estimate of drug-likeness (QED) is 0.761. The maximum absolute atomic E-state index is 12.2. The number of thiophene rings is 1. The molecular weight excluding hydrogens is 402 g/mol. The highest BCUT2D eigenvalue weighted by Crippen LogP contribution is 2.32. The van der Waals surface area contributed by atoms with Crippen LogP contribution in [0.1, 0.15) is 24.1 Å². The molecule has 1 saturated carbocycles. The van der Waals surface area contributed by atoms with Crippen LogP contribution in [0.25, 0.3) is 0 Å². The summed E-state index contributed by atoms with van der Waals surface area (Å²) >= 11 is 8.34. The zero-order valence-electron chi connectivity index (χ0n) is 9.95. The van der Waals surface area contributed by atoms with E-state index >= 15 is 0 Å². The lowest BCUT2D eigenvalue weighted by molar-refractivity contribution is 0.520. The summed E-state index contributed by atoms with van der Waals surface area (Å²) in [6, 6.07) is 1.67. The third kappa shape index (κ3) is 3.56. The molecule has 2 unspecified atom stereocenters. The van der Waals surface area contributed by atoms with Crippen molar-refractivity contribution >= 4 is 53.2 Å². The lowest BCUT2D eigenvalue weighted by Gasteiger charge is -2.11. The zero-order valence-corrected chi connectivity index (χ0v) is 14.8. The van der Waals surface area contributed by atoms with Gasteiger partial charge < -0.3 is 0 Å². The van der Waals surface area contributed by atoms with E-state index in [1.807, 2.05) is 6.92 Å². The Morgan fingerprint density at radius 1 is 1.50 bits per heavy atom. The Hall–Kier alpha value is 0.570. The Bertz CT molecular complexity index is 527. The average Bonchev–Trinajstić information content (AvgIpc) is 2.82. The molecule has 0 radical (unpaired) electrons. The Balaban J connectivity index is 2.02. The fraction of sp³-hybridized carbons (Fsp3) is 0.636. The van der Waals surface area contributed by atoms with Gasteiger partial charge in [-0.3, -0.25) is 0 Å². The number of sulfonamides is 1. The molecule has 102 valence electrons. The molecule has 0 aliphatic heterocycles. The molecule has 0 amide bonds. The summed E-state index contributed by atoms with van der Waals surface area (Å²) in [5.41, 5.74) is 0. The van der Waals surface area contributed by atoms with E-state index in [0.29, 0.717) is 22.2 Å². The van der Waals surface area contributed by atoms with E-state index in [9.17, 15) is 8.42 Å². The van der Waals surface area contributed by atoms with Gasteiger partial charge in [0.05, 0.1) is 8.68 Å². The molecule has 1 aromatic heterocycles. The minimum atomic E-state index is -3.36. The highest BCUT2D eigenvalue weighted by molar-refractivity contribution is 9.11. The van der Waals surface area contributed by atoms with Gasteiger partial charge in [0.15, 0.2) is 0 Å². The first-order valence-corrected chi connectivity index (χ1v) is 9.79. The molecule has 1 aromatic rings. The van der Waals surface area contributed by atoms with Crippen molar-refractivity contribution in [3.63, 3.8) is 0 Å². The molecule has 1 heterocycles. The van der Waals surface area contributed by atoms with Gasteiger partial charge in [0, 0.05) is 16.2 Å². The summed E-state index contributed by atoms with van der Waals surface area (Å²) in [6.45, 7) is 2.37. The van der Waals surface area contributed by atoms with E-state index in [2.05, 4.69) is 36.6 Å². The molecule has 1 aliphatic rings. The topological polar surface area (TPSA) is 46.2 Å². The summed E-state index contributed by atoms with van der Waals surface area (Å²) in [5, 5.41) is 0. The van der Waals surface area contributed by atoms with Crippen molar-refractivity contribution in [1.82, 2.24) is 4.72 Å². The first kappa shape index (κ1) is 15.0. The van der Waals surface area contributed by atoms with Crippen molar-refractivity contribution < 1.29 is 8.42 Å². The third-order valence-corrected chi connectivity index (χ3v) is 7.24. The Labute approximate surface area is 129 Å². The number of hydrogen-bond acceptors (Lipinski definition) is 3. The summed E-state index contributed by atoms with van der Waals surface area (Å²) in [6.07, 6.45) is 3.27. The first-order chi connectivity index (χ1) is 8.38. The smallest absolute Gasteiger partial charge is 0.211 e. The van der Waals surface area contributed by atoms with Gasteiger partial charge in [-0.15, -0.1) is 11.3 Å². The number of nitrogens with one attached hydrogen (secondary N) is 1. The second-order valence-corrected chi connectivity index (χ2v) is 10.3.